The summed E-state index contributed by atoms with van der Waals surface area (Å²) in [5.41, 5.74) is 4.29. The second-order valence-corrected chi connectivity index (χ2v) is 7.88. The average molecular weight is 364 g/mol. The van der Waals surface area contributed by atoms with Gasteiger partial charge in [0.05, 0.1) is 6.07 Å². The Kier molecular flexibility index (Phi) is 7.54. The predicted molar refractivity (Wildman–Crippen MR) is 115 cm³/mol. The highest BCUT2D eigenvalue weighted by molar-refractivity contribution is 5.80. The van der Waals surface area contributed by atoms with Gasteiger partial charge in [0, 0.05) is 24.4 Å². The maximum atomic E-state index is 9.33. The van der Waals surface area contributed by atoms with Gasteiger partial charge >= 0.3 is 0 Å². The van der Waals surface area contributed by atoms with E-state index in [9.17, 15) is 5.26 Å². The Morgan fingerprint density at radius 1 is 1.15 bits per heavy atom. The van der Waals surface area contributed by atoms with Crippen LogP contribution in [0.25, 0.3) is 5.57 Å². The molecule has 1 aromatic rings. The first-order chi connectivity index (χ1) is 13.3. The maximum absolute atomic E-state index is 9.33. The van der Waals surface area contributed by atoms with E-state index in [1.165, 1.54) is 45.2 Å². The average Bonchev–Trinajstić information content (AvgIpc) is 2.67. The number of anilines is 1. The zero-order valence-electron chi connectivity index (χ0n) is 16.7. The van der Waals surface area contributed by atoms with Gasteiger partial charge < -0.3 is 10.2 Å². The molecule has 0 bridgehead atoms. The van der Waals surface area contributed by atoms with E-state index in [-0.39, 0.29) is 0 Å². The van der Waals surface area contributed by atoms with Crippen LogP contribution in [-0.4, -0.2) is 31.1 Å². The summed E-state index contributed by atoms with van der Waals surface area (Å²) in [6, 6.07) is 10.9. The Bertz CT molecular complexity index is 689. The van der Waals surface area contributed by atoms with Crippen LogP contribution in [-0.2, 0) is 0 Å². The summed E-state index contributed by atoms with van der Waals surface area (Å²) < 4.78 is 0. The third-order valence-corrected chi connectivity index (χ3v) is 5.88. The highest BCUT2D eigenvalue weighted by atomic mass is 15.1. The zero-order chi connectivity index (χ0) is 18.9. The monoisotopic (exact) mass is 363 g/mol. The largest absolute Gasteiger partial charge is 0.384 e. The van der Waals surface area contributed by atoms with Gasteiger partial charge in [0.2, 0.25) is 0 Å². The number of hydrogen-bond acceptors (Lipinski definition) is 3. The van der Waals surface area contributed by atoms with Crippen LogP contribution in [0.2, 0.25) is 0 Å². The predicted octanol–water partition coefficient (Wildman–Crippen LogP) is 5.63. The van der Waals surface area contributed by atoms with Crippen molar-refractivity contribution in [2.75, 3.05) is 31.5 Å². The van der Waals surface area contributed by atoms with E-state index in [4.69, 9.17) is 0 Å². The van der Waals surface area contributed by atoms with Gasteiger partial charge in [-0.05, 0) is 68.0 Å². The second kappa shape index (κ2) is 10.3. The smallest absolute Gasteiger partial charge is 0.0953 e. The van der Waals surface area contributed by atoms with E-state index >= 15 is 0 Å². The molecule has 0 aliphatic heterocycles. The topological polar surface area (TPSA) is 39.1 Å². The molecule has 0 unspecified atom stereocenters. The highest BCUT2D eigenvalue weighted by Gasteiger charge is 2.18. The maximum Gasteiger partial charge on any atom is 0.0953 e. The first-order valence-corrected chi connectivity index (χ1v) is 10.7. The second-order valence-electron chi connectivity index (χ2n) is 7.88. The van der Waals surface area contributed by atoms with E-state index in [1.54, 1.807) is 0 Å². The summed E-state index contributed by atoms with van der Waals surface area (Å²) in [5, 5.41) is 12.9. The van der Waals surface area contributed by atoms with Crippen molar-refractivity contribution in [1.29, 1.82) is 5.26 Å². The fourth-order valence-corrected chi connectivity index (χ4v) is 3.97. The zero-order valence-corrected chi connectivity index (χ0v) is 16.7. The van der Waals surface area contributed by atoms with E-state index in [1.807, 2.05) is 0 Å². The number of hydrogen-bond donors (Lipinski definition) is 1. The van der Waals surface area contributed by atoms with Crippen LogP contribution in [0.15, 0.2) is 42.0 Å². The molecule has 1 aromatic carbocycles. The Morgan fingerprint density at radius 3 is 2.63 bits per heavy atom. The van der Waals surface area contributed by atoms with Gasteiger partial charge in [0.25, 0.3) is 0 Å². The summed E-state index contributed by atoms with van der Waals surface area (Å²) in [4.78, 5) is 2.61. The van der Waals surface area contributed by atoms with Crippen LogP contribution in [0.5, 0.6) is 0 Å². The van der Waals surface area contributed by atoms with Gasteiger partial charge in [-0.3, -0.25) is 0 Å². The van der Waals surface area contributed by atoms with Crippen molar-refractivity contribution in [2.24, 2.45) is 5.92 Å². The van der Waals surface area contributed by atoms with Crippen molar-refractivity contribution in [3.63, 3.8) is 0 Å². The summed E-state index contributed by atoms with van der Waals surface area (Å²) in [6.45, 7) is 6.80. The normalized spacial score (nSPS) is 17.1. The van der Waals surface area contributed by atoms with Gasteiger partial charge in [-0.1, -0.05) is 50.5 Å². The van der Waals surface area contributed by atoms with Crippen molar-refractivity contribution in [1.82, 2.24) is 4.90 Å². The van der Waals surface area contributed by atoms with Gasteiger partial charge in [-0.15, -0.1) is 0 Å². The van der Waals surface area contributed by atoms with Crippen molar-refractivity contribution < 1.29 is 0 Å². The Balaban J connectivity index is 1.48. The lowest BCUT2D eigenvalue weighted by Gasteiger charge is -2.29. The summed E-state index contributed by atoms with van der Waals surface area (Å²) >= 11 is 0. The van der Waals surface area contributed by atoms with Gasteiger partial charge in [0.15, 0.2) is 0 Å². The molecule has 3 nitrogen and oxygen atoms in total. The van der Waals surface area contributed by atoms with E-state index in [2.05, 4.69) is 59.6 Å². The highest BCUT2D eigenvalue weighted by Crippen LogP contribution is 2.29. The molecule has 27 heavy (non-hydrogen) atoms. The number of benzene rings is 1. The minimum Gasteiger partial charge on any atom is -0.384 e. The third-order valence-electron chi connectivity index (χ3n) is 5.88. The molecule has 0 aromatic heterocycles. The Morgan fingerprint density at radius 2 is 1.96 bits per heavy atom. The van der Waals surface area contributed by atoms with Crippen LogP contribution < -0.4 is 5.32 Å². The van der Waals surface area contributed by atoms with E-state index in [0.29, 0.717) is 0 Å². The Labute approximate surface area is 164 Å². The van der Waals surface area contributed by atoms with Crippen LogP contribution in [0.3, 0.4) is 0 Å². The first kappa shape index (κ1) is 19.7. The van der Waals surface area contributed by atoms with Gasteiger partial charge in [-0.2, -0.15) is 5.26 Å². The molecular weight excluding hydrogens is 330 g/mol. The molecule has 1 fully saturated rings. The van der Waals surface area contributed by atoms with Crippen LogP contribution in [0.1, 0.15) is 57.4 Å². The number of rotatable bonds is 10. The minimum atomic E-state index is 0.858. The van der Waals surface area contributed by atoms with Crippen molar-refractivity contribution in [2.45, 2.75) is 51.9 Å². The standard InChI is InChI=1S/C24H33N3/c1-2-16-27(17-14-20-6-5-7-20)18-15-26-23-12-10-21(11-13-23)24-9-4-3-8-22(24)19-25/h4,9-13,20,26H,2-3,5-8,14-18H2,1H3. The number of nitrogens with one attached hydrogen (secondary N) is 1. The molecule has 3 rings (SSSR count). The van der Waals surface area contributed by atoms with Crippen molar-refractivity contribution >= 4 is 11.3 Å². The third kappa shape index (κ3) is 5.71. The molecule has 0 heterocycles. The number of nitriles is 1. The molecule has 2 aliphatic carbocycles. The summed E-state index contributed by atoms with van der Waals surface area (Å²) in [5.74, 6) is 0.992. The SMILES string of the molecule is CCCN(CCNc1ccc(C2=C(C#N)CCC=C2)cc1)CCC1CCC1. The molecule has 1 saturated carbocycles. The molecule has 2 aliphatic rings. The molecule has 0 radical (unpaired) electrons. The number of allylic oxidation sites excluding steroid dienone is 4. The van der Waals surface area contributed by atoms with Gasteiger partial charge in [-0.25, -0.2) is 0 Å². The lowest BCUT2D eigenvalue weighted by atomic mass is 9.83. The van der Waals surface area contributed by atoms with Crippen LogP contribution >= 0.6 is 0 Å². The lowest BCUT2D eigenvalue weighted by molar-refractivity contribution is 0.218. The van der Waals surface area contributed by atoms with Crippen LogP contribution in [0, 0.1) is 17.2 Å². The molecule has 3 heteroatoms. The van der Waals surface area contributed by atoms with Crippen LogP contribution in [0.4, 0.5) is 5.69 Å². The quantitative estimate of drug-likeness (QED) is 0.586. The molecule has 1 N–H and O–H groups in total. The van der Waals surface area contributed by atoms with E-state index in [0.717, 1.165) is 54.2 Å². The van der Waals surface area contributed by atoms with E-state index < -0.39 is 0 Å². The summed E-state index contributed by atoms with van der Waals surface area (Å²) in [7, 11) is 0. The molecule has 0 saturated heterocycles. The van der Waals surface area contributed by atoms with Crippen molar-refractivity contribution in [3.8, 4) is 6.07 Å². The molecule has 144 valence electrons. The molecule has 0 amide bonds. The van der Waals surface area contributed by atoms with Gasteiger partial charge in [0.1, 0.15) is 0 Å². The lowest BCUT2D eigenvalue weighted by Crippen LogP contribution is -2.32. The number of nitrogens with zero attached hydrogens (tertiary/aromatic N) is 2. The fraction of sp³-hybridized carbons (Fsp3) is 0.542. The van der Waals surface area contributed by atoms with Crippen molar-refractivity contribution in [3.05, 3.63) is 47.6 Å². The fourth-order valence-electron chi connectivity index (χ4n) is 3.97. The first-order valence-electron chi connectivity index (χ1n) is 10.7. The molecular formula is C24H33N3. The Hall–Kier alpha value is -2.05. The summed E-state index contributed by atoms with van der Waals surface area (Å²) in [6.07, 6.45) is 13.0. The minimum absolute atomic E-state index is 0.858. The molecule has 0 spiro atoms. The molecule has 0 atom stereocenters.